The van der Waals surface area contributed by atoms with Crippen molar-refractivity contribution in [3.05, 3.63) is 63.1 Å². The molecule has 5 heteroatoms. The summed E-state index contributed by atoms with van der Waals surface area (Å²) >= 11 is 1.41. The number of amides is 1. The Balaban J connectivity index is 1.66. The molecule has 2 aromatic rings. The predicted octanol–water partition coefficient (Wildman–Crippen LogP) is 6.62. The quantitative estimate of drug-likeness (QED) is 0.538. The lowest BCUT2D eigenvalue weighted by molar-refractivity contribution is -0.115. The molecule has 2 aliphatic heterocycles. The summed E-state index contributed by atoms with van der Waals surface area (Å²) in [6.07, 6.45) is 3.14. The molecule has 0 aromatic heterocycles. The minimum absolute atomic E-state index is 0.0842. The van der Waals surface area contributed by atoms with Crippen molar-refractivity contribution in [2.45, 2.75) is 66.3 Å². The second-order valence-electron chi connectivity index (χ2n) is 9.68. The van der Waals surface area contributed by atoms with Crippen molar-refractivity contribution in [2.75, 3.05) is 11.4 Å². The first-order valence-electron chi connectivity index (χ1n) is 11.4. The van der Waals surface area contributed by atoms with E-state index in [2.05, 4.69) is 81.9 Å². The van der Waals surface area contributed by atoms with E-state index in [-0.39, 0.29) is 11.4 Å². The minimum atomic E-state index is -0.0842. The maximum atomic E-state index is 12.7. The van der Waals surface area contributed by atoms with E-state index in [1.807, 2.05) is 18.2 Å². The molecule has 1 N–H and O–H groups in total. The Hall–Kier alpha value is -2.53. The van der Waals surface area contributed by atoms with Gasteiger partial charge < -0.3 is 10.2 Å². The minimum Gasteiger partial charge on any atom is -0.366 e. The van der Waals surface area contributed by atoms with Crippen molar-refractivity contribution in [2.24, 2.45) is 4.99 Å². The normalized spacial score (nSPS) is 22.4. The van der Waals surface area contributed by atoms with Crippen LogP contribution in [0.4, 0.5) is 11.4 Å². The SMILES string of the molecule is CCN1c2cc(C)c(/C=C3\SC(=Nc4ccc(C)c(C)c4)NC3=O)cc2[C@H](C)CC1(C)C. The molecule has 0 radical (unpaired) electrons. The molecule has 1 atom stereocenters. The Labute approximate surface area is 196 Å². The third kappa shape index (κ3) is 4.23. The highest BCUT2D eigenvalue weighted by molar-refractivity contribution is 8.18. The number of rotatable bonds is 3. The second-order valence-corrected chi connectivity index (χ2v) is 10.7. The number of carbonyl (C=O) groups is 1. The first kappa shape index (κ1) is 22.7. The maximum absolute atomic E-state index is 12.7. The van der Waals surface area contributed by atoms with Crippen LogP contribution in [0.15, 0.2) is 40.2 Å². The van der Waals surface area contributed by atoms with E-state index >= 15 is 0 Å². The molecule has 2 aliphatic rings. The van der Waals surface area contributed by atoms with Gasteiger partial charge >= 0.3 is 0 Å². The van der Waals surface area contributed by atoms with Crippen LogP contribution < -0.4 is 10.2 Å². The summed E-state index contributed by atoms with van der Waals surface area (Å²) in [5, 5.41) is 3.55. The molecule has 0 bridgehead atoms. The Morgan fingerprint density at radius 3 is 2.59 bits per heavy atom. The van der Waals surface area contributed by atoms with Crippen LogP contribution in [0.1, 0.15) is 67.9 Å². The molecule has 0 saturated carbocycles. The van der Waals surface area contributed by atoms with Gasteiger partial charge in [-0.05, 0) is 124 Å². The summed E-state index contributed by atoms with van der Waals surface area (Å²) in [7, 11) is 0. The molecular formula is C27H33N3OS. The van der Waals surface area contributed by atoms with Gasteiger partial charge in [0.05, 0.1) is 10.6 Å². The first-order chi connectivity index (χ1) is 15.1. The van der Waals surface area contributed by atoms with Gasteiger partial charge in [-0.2, -0.15) is 0 Å². The molecule has 2 aromatic carbocycles. The number of fused-ring (bicyclic) bond motifs is 1. The van der Waals surface area contributed by atoms with Crippen LogP contribution in [0.5, 0.6) is 0 Å². The average Bonchev–Trinajstić information content (AvgIpc) is 3.04. The van der Waals surface area contributed by atoms with E-state index in [0.717, 1.165) is 24.2 Å². The fourth-order valence-corrected chi connectivity index (χ4v) is 5.77. The van der Waals surface area contributed by atoms with Crippen LogP contribution >= 0.6 is 11.8 Å². The molecule has 4 rings (SSSR count). The maximum Gasteiger partial charge on any atom is 0.264 e. The molecular weight excluding hydrogens is 414 g/mol. The standard InChI is InChI=1S/C27H33N3OS/c1-8-30-23-12-18(4)20(13-22(23)19(5)15-27(30,6)7)14-24-25(31)29-26(32-24)28-21-10-9-16(2)17(3)11-21/h9-14,19H,8,15H2,1-7H3,(H,28,29,31)/b24-14-/t19-/m1/s1. The van der Waals surface area contributed by atoms with Crippen LogP contribution in [0.2, 0.25) is 0 Å². The summed E-state index contributed by atoms with van der Waals surface area (Å²) < 4.78 is 0. The lowest BCUT2D eigenvalue weighted by Gasteiger charge is -2.47. The van der Waals surface area contributed by atoms with Gasteiger partial charge in [0.2, 0.25) is 0 Å². The van der Waals surface area contributed by atoms with E-state index in [1.165, 1.54) is 39.7 Å². The summed E-state index contributed by atoms with van der Waals surface area (Å²) in [4.78, 5) is 20.5. The monoisotopic (exact) mass is 447 g/mol. The van der Waals surface area contributed by atoms with Crippen LogP contribution in [-0.4, -0.2) is 23.2 Å². The molecule has 0 unspecified atom stereocenters. The molecule has 1 fully saturated rings. The third-order valence-electron chi connectivity index (χ3n) is 6.75. The van der Waals surface area contributed by atoms with E-state index < -0.39 is 0 Å². The topological polar surface area (TPSA) is 44.7 Å². The molecule has 168 valence electrons. The zero-order valence-corrected chi connectivity index (χ0v) is 21.0. The van der Waals surface area contributed by atoms with Gasteiger partial charge in [0.15, 0.2) is 5.17 Å². The largest absolute Gasteiger partial charge is 0.366 e. The highest BCUT2D eigenvalue weighted by Gasteiger charge is 2.36. The number of hydrogen-bond donors (Lipinski definition) is 1. The van der Waals surface area contributed by atoms with Crippen molar-refractivity contribution >= 4 is 40.3 Å². The third-order valence-corrected chi connectivity index (χ3v) is 7.66. The second kappa shape index (κ2) is 8.43. The summed E-state index contributed by atoms with van der Waals surface area (Å²) in [6.45, 7) is 16.5. The smallest absolute Gasteiger partial charge is 0.264 e. The zero-order chi connectivity index (χ0) is 23.2. The Bertz CT molecular complexity index is 1150. The van der Waals surface area contributed by atoms with Gasteiger partial charge in [-0.3, -0.25) is 4.79 Å². The van der Waals surface area contributed by atoms with Crippen molar-refractivity contribution in [3.63, 3.8) is 0 Å². The van der Waals surface area contributed by atoms with Gasteiger partial charge in [0.1, 0.15) is 0 Å². The predicted molar refractivity (Wildman–Crippen MR) is 138 cm³/mol. The van der Waals surface area contributed by atoms with Crippen molar-refractivity contribution < 1.29 is 4.79 Å². The fourth-order valence-electron chi connectivity index (χ4n) is 4.94. The summed E-state index contributed by atoms with van der Waals surface area (Å²) in [6, 6.07) is 10.7. The summed E-state index contributed by atoms with van der Waals surface area (Å²) in [5.41, 5.74) is 8.43. The number of nitrogens with zero attached hydrogens (tertiary/aromatic N) is 2. The van der Waals surface area contributed by atoms with E-state index in [4.69, 9.17) is 0 Å². The van der Waals surface area contributed by atoms with Crippen LogP contribution in [-0.2, 0) is 4.79 Å². The van der Waals surface area contributed by atoms with Gasteiger partial charge in [-0.25, -0.2) is 4.99 Å². The van der Waals surface area contributed by atoms with Gasteiger partial charge in [-0.1, -0.05) is 13.0 Å². The Morgan fingerprint density at radius 2 is 1.91 bits per heavy atom. The lowest BCUT2D eigenvalue weighted by atomic mass is 9.79. The van der Waals surface area contributed by atoms with Crippen molar-refractivity contribution in [1.29, 1.82) is 0 Å². The zero-order valence-electron chi connectivity index (χ0n) is 20.2. The molecule has 2 heterocycles. The molecule has 4 nitrogen and oxygen atoms in total. The number of carbonyl (C=O) groups excluding carboxylic acids is 1. The highest BCUT2D eigenvalue weighted by atomic mass is 32.2. The first-order valence-corrected chi connectivity index (χ1v) is 12.2. The van der Waals surface area contributed by atoms with E-state index in [1.54, 1.807) is 0 Å². The molecule has 0 aliphatic carbocycles. The summed E-state index contributed by atoms with van der Waals surface area (Å²) in [5.74, 6) is 0.395. The van der Waals surface area contributed by atoms with Gasteiger partial charge in [0.25, 0.3) is 5.91 Å². The number of hydrogen-bond acceptors (Lipinski definition) is 4. The van der Waals surface area contributed by atoms with E-state index in [0.29, 0.717) is 16.0 Å². The van der Waals surface area contributed by atoms with Crippen LogP contribution in [0.3, 0.4) is 0 Å². The molecule has 0 spiro atoms. The number of benzene rings is 2. The van der Waals surface area contributed by atoms with Crippen molar-refractivity contribution in [1.82, 2.24) is 5.32 Å². The molecule has 1 amide bonds. The number of aryl methyl sites for hydroxylation is 3. The Morgan fingerprint density at radius 1 is 1.16 bits per heavy atom. The van der Waals surface area contributed by atoms with Crippen LogP contribution in [0.25, 0.3) is 6.08 Å². The number of nitrogens with one attached hydrogen (secondary N) is 1. The lowest BCUT2D eigenvalue weighted by Crippen LogP contribution is -2.48. The molecule has 1 saturated heterocycles. The fraction of sp³-hybridized carbons (Fsp3) is 0.407. The Kier molecular flexibility index (Phi) is 5.97. The number of anilines is 1. The van der Waals surface area contributed by atoms with Crippen molar-refractivity contribution in [3.8, 4) is 0 Å². The van der Waals surface area contributed by atoms with Gasteiger partial charge in [-0.15, -0.1) is 0 Å². The average molecular weight is 448 g/mol. The van der Waals surface area contributed by atoms with Gasteiger partial charge in [0, 0.05) is 17.8 Å². The van der Waals surface area contributed by atoms with Crippen LogP contribution in [0, 0.1) is 20.8 Å². The highest BCUT2D eigenvalue weighted by Crippen LogP contribution is 2.44. The molecule has 32 heavy (non-hydrogen) atoms. The number of amidine groups is 1. The van der Waals surface area contributed by atoms with E-state index in [9.17, 15) is 4.79 Å². The number of thioether (sulfide) groups is 1. The number of aliphatic imine (C=N–C) groups is 1.